The first-order valence-corrected chi connectivity index (χ1v) is 6.93. The van der Waals surface area contributed by atoms with Crippen molar-refractivity contribution < 1.29 is 14.7 Å². The number of carboxylic acids is 1. The van der Waals surface area contributed by atoms with Gasteiger partial charge in [0.25, 0.3) is 5.91 Å². The number of aromatic carboxylic acids is 1. The van der Waals surface area contributed by atoms with Gasteiger partial charge in [-0.2, -0.15) is 0 Å². The van der Waals surface area contributed by atoms with Crippen LogP contribution < -0.4 is 0 Å². The minimum absolute atomic E-state index is 0.0552. The number of hydrogen-bond acceptors (Lipinski definition) is 4. The average molecular weight is 268 g/mol. The molecule has 1 aliphatic carbocycles. The smallest absolute Gasteiger partial charge is 0.355 e. The molecule has 1 aromatic rings. The average Bonchev–Trinajstić information content (AvgIpc) is 2.88. The molecule has 0 spiro atoms. The molecule has 1 aliphatic rings. The van der Waals surface area contributed by atoms with Crippen molar-refractivity contribution in [1.29, 1.82) is 0 Å². The molecule has 98 valence electrons. The molecule has 0 aliphatic heterocycles. The van der Waals surface area contributed by atoms with E-state index in [2.05, 4.69) is 4.98 Å². The van der Waals surface area contributed by atoms with Gasteiger partial charge in [-0.25, -0.2) is 9.78 Å². The van der Waals surface area contributed by atoms with Crippen molar-refractivity contribution in [3.63, 3.8) is 0 Å². The van der Waals surface area contributed by atoms with Gasteiger partial charge in [-0.1, -0.05) is 19.3 Å². The highest BCUT2D eigenvalue weighted by Crippen LogP contribution is 2.23. The summed E-state index contributed by atoms with van der Waals surface area (Å²) in [7, 11) is 1.78. The van der Waals surface area contributed by atoms with E-state index in [4.69, 9.17) is 5.11 Å². The fourth-order valence-corrected chi connectivity index (χ4v) is 3.03. The summed E-state index contributed by atoms with van der Waals surface area (Å²) < 4.78 is 0. The van der Waals surface area contributed by atoms with Gasteiger partial charge in [0, 0.05) is 18.5 Å². The highest BCUT2D eigenvalue weighted by molar-refractivity contribution is 7.11. The van der Waals surface area contributed by atoms with E-state index in [1.807, 2.05) is 0 Å². The molecule has 0 aromatic carbocycles. The van der Waals surface area contributed by atoms with Gasteiger partial charge in [-0.05, 0) is 12.8 Å². The van der Waals surface area contributed by atoms with Gasteiger partial charge in [0.2, 0.25) is 0 Å². The summed E-state index contributed by atoms with van der Waals surface area (Å²) in [6.45, 7) is 0. The van der Waals surface area contributed by atoms with Gasteiger partial charge in [-0.3, -0.25) is 4.79 Å². The van der Waals surface area contributed by atoms with Gasteiger partial charge in [0.15, 0.2) is 10.7 Å². The minimum Gasteiger partial charge on any atom is -0.476 e. The lowest BCUT2D eigenvalue weighted by atomic mass is 9.94. The van der Waals surface area contributed by atoms with Crippen molar-refractivity contribution in [2.45, 2.75) is 38.1 Å². The molecule has 0 saturated heterocycles. The lowest BCUT2D eigenvalue weighted by Gasteiger charge is -2.30. The standard InChI is InChI=1S/C12H16N2O3S/c1-14(8-5-3-2-4-6-8)11(15)10-13-9(7-18-10)12(16)17/h7-8H,2-6H2,1H3,(H,16,17). The third-order valence-electron chi connectivity index (χ3n) is 3.35. The normalized spacial score (nSPS) is 16.5. The van der Waals surface area contributed by atoms with Crippen LogP contribution in [0, 0.1) is 0 Å². The largest absolute Gasteiger partial charge is 0.476 e. The van der Waals surface area contributed by atoms with Crippen LogP contribution in [-0.4, -0.2) is 40.0 Å². The number of carbonyl (C=O) groups is 2. The fourth-order valence-electron chi connectivity index (χ4n) is 2.26. The zero-order valence-electron chi connectivity index (χ0n) is 10.3. The van der Waals surface area contributed by atoms with Crippen LogP contribution in [0.1, 0.15) is 52.4 Å². The number of rotatable bonds is 3. The molecule has 2 rings (SSSR count). The third-order valence-corrected chi connectivity index (χ3v) is 4.18. The quantitative estimate of drug-likeness (QED) is 0.912. The summed E-state index contributed by atoms with van der Waals surface area (Å²) in [5.74, 6) is -1.26. The van der Waals surface area contributed by atoms with E-state index >= 15 is 0 Å². The van der Waals surface area contributed by atoms with Crippen LogP contribution in [0.15, 0.2) is 5.38 Å². The van der Waals surface area contributed by atoms with Gasteiger partial charge in [-0.15, -0.1) is 11.3 Å². The third kappa shape index (κ3) is 2.69. The molecule has 0 unspecified atom stereocenters. The molecule has 0 bridgehead atoms. The number of hydrogen-bond donors (Lipinski definition) is 1. The summed E-state index contributed by atoms with van der Waals surface area (Å²) in [4.78, 5) is 28.5. The molecule has 1 heterocycles. The van der Waals surface area contributed by atoms with Crippen LogP contribution in [0.5, 0.6) is 0 Å². The highest BCUT2D eigenvalue weighted by atomic mass is 32.1. The maximum Gasteiger partial charge on any atom is 0.355 e. The zero-order chi connectivity index (χ0) is 13.1. The van der Waals surface area contributed by atoms with Crippen LogP contribution in [0.4, 0.5) is 0 Å². The summed E-state index contributed by atoms with van der Waals surface area (Å²) in [6.07, 6.45) is 5.60. The fraction of sp³-hybridized carbons (Fsp3) is 0.583. The maximum absolute atomic E-state index is 12.2. The Kier molecular flexibility index (Phi) is 3.96. The van der Waals surface area contributed by atoms with E-state index in [1.54, 1.807) is 11.9 Å². The van der Waals surface area contributed by atoms with Crippen LogP contribution >= 0.6 is 11.3 Å². The second-order valence-electron chi connectivity index (χ2n) is 4.55. The van der Waals surface area contributed by atoms with Crippen molar-refractivity contribution in [2.24, 2.45) is 0 Å². The second kappa shape index (κ2) is 5.48. The lowest BCUT2D eigenvalue weighted by molar-refractivity contribution is 0.0689. The predicted octanol–water partition coefficient (Wildman–Crippen LogP) is 2.25. The molecule has 1 aromatic heterocycles. The van der Waals surface area contributed by atoms with Gasteiger partial charge in [0.05, 0.1) is 0 Å². The summed E-state index contributed by atoms with van der Waals surface area (Å²) in [5.41, 5.74) is -0.0552. The second-order valence-corrected chi connectivity index (χ2v) is 5.41. The predicted molar refractivity (Wildman–Crippen MR) is 68.0 cm³/mol. The first kappa shape index (κ1) is 13.0. The van der Waals surface area contributed by atoms with E-state index in [1.165, 1.54) is 11.8 Å². The molecule has 5 nitrogen and oxygen atoms in total. The number of carboxylic acid groups (broad SMARTS) is 1. The van der Waals surface area contributed by atoms with Crippen molar-refractivity contribution in [2.75, 3.05) is 7.05 Å². The lowest BCUT2D eigenvalue weighted by Crippen LogP contribution is -2.38. The van der Waals surface area contributed by atoms with Crippen LogP contribution in [0.3, 0.4) is 0 Å². The van der Waals surface area contributed by atoms with Crippen LogP contribution in [-0.2, 0) is 0 Å². The van der Waals surface area contributed by atoms with Crippen LogP contribution in [0.25, 0.3) is 0 Å². The Balaban J connectivity index is 2.07. The Morgan fingerprint density at radius 1 is 1.39 bits per heavy atom. The Hall–Kier alpha value is -1.43. The van der Waals surface area contributed by atoms with Gasteiger partial charge >= 0.3 is 5.97 Å². The molecular weight excluding hydrogens is 252 g/mol. The van der Waals surface area contributed by atoms with E-state index in [9.17, 15) is 9.59 Å². The first-order chi connectivity index (χ1) is 8.59. The molecule has 1 saturated carbocycles. The SMILES string of the molecule is CN(C(=O)c1nc(C(=O)O)cs1)C1CCCCC1. The molecular formula is C12H16N2O3S. The Labute approximate surface area is 109 Å². The molecule has 1 N–H and O–H groups in total. The number of aromatic nitrogens is 1. The summed E-state index contributed by atoms with van der Waals surface area (Å²) >= 11 is 1.10. The van der Waals surface area contributed by atoms with Crippen LogP contribution in [0.2, 0.25) is 0 Å². The number of thiazole rings is 1. The molecule has 1 amide bonds. The van der Waals surface area contributed by atoms with Crippen molar-refractivity contribution >= 4 is 23.2 Å². The van der Waals surface area contributed by atoms with E-state index in [0.29, 0.717) is 0 Å². The van der Waals surface area contributed by atoms with Crippen molar-refractivity contribution in [3.8, 4) is 0 Å². The molecule has 0 radical (unpaired) electrons. The Morgan fingerprint density at radius 3 is 2.61 bits per heavy atom. The molecule has 6 heteroatoms. The maximum atomic E-state index is 12.2. The van der Waals surface area contributed by atoms with Crippen molar-refractivity contribution in [3.05, 3.63) is 16.1 Å². The monoisotopic (exact) mass is 268 g/mol. The molecule has 18 heavy (non-hydrogen) atoms. The molecule has 0 atom stereocenters. The summed E-state index contributed by atoms with van der Waals surface area (Å²) in [5, 5.41) is 10.5. The van der Waals surface area contributed by atoms with Gasteiger partial charge < -0.3 is 10.0 Å². The number of amides is 1. The summed E-state index contributed by atoms with van der Waals surface area (Å²) in [6, 6.07) is 0.267. The minimum atomic E-state index is -1.09. The van der Waals surface area contributed by atoms with Crippen molar-refractivity contribution in [1.82, 2.24) is 9.88 Å². The first-order valence-electron chi connectivity index (χ1n) is 6.05. The van der Waals surface area contributed by atoms with E-state index in [0.717, 1.165) is 37.0 Å². The van der Waals surface area contributed by atoms with E-state index < -0.39 is 5.97 Å². The number of nitrogens with zero attached hydrogens (tertiary/aromatic N) is 2. The van der Waals surface area contributed by atoms with E-state index in [-0.39, 0.29) is 22.7 Å². The Bertz CT molecular complexity index is 452. The molecule has 1 fully saturated rings. The zero-order valence-corrected chi connectivity index (χ0v) is 11.1. The topological polar surface area (TPSA) is 70.5 Å². The number of carbonyl (C=O) groups excluding carboxylic acids is 1. The Morgan fingerprint density at radius 2 is 2.06 bits per heavy atom. The van der Waals surface area contributed by atoms with Gasteiger partial charge in [0.1, 0.15) is 0 Å². The highest BCUT2D eigenvalue weighted by Gasteiger charge is 2.25.